The van der Waals surface area contributed by atoms with Gasteiger partial charge in [0.25, 0.3) is 0 Å². The molecule has 6 heteroatoms. The summed E-state index contributed by atoms with van der Waals surface area (Å²) in [6, 6.07) is 13.6. The summed E-state index contributed by atoms with van der Waals surface area (Å²) in [4.78, 5) is -0.00176. The molecule has 0 spiro atoms. The zero-order valence-corrected chi connectivity index (χ0v) is 12.1. The SMILES string of the molecule is O=S(=O)(NCCC(O)c1ccccc1)c1ccc(F)cc1. The van der Waals surface area contributed by atoms with Gasteiger partial charge >= 0.3 is 0 Å². The van der Waals surface area contributed by atoms with Crippen LogP contribution in [0.3, 0.4) is 0 Å². The minimum Gasteiger partial charge on any atom is -0.388 e. The van der Waals surface area contributed by atoms with E-state index >= 15 is 0 Å². The smallest absolute Gasteiger partial charge is 0.240 e. The largest absolute Gasteiger partial charge is 0.388 e. The molecule has 2 N–H and O–H groups in total. The number of hydrogen-bond acceptors (Lipinski definition) is 3. The first-order chi connectivity index (χ1) is 9.99. The Morgan fingerprint density at radius 1 is 1.05 bits per heavy atom. The van der Waals surface area contributed by atoms with Gasteiger partial charge in [-0.05, 0) is 36.2 Å². The lowest BCUT2D eigenvalue weighted by atomic mass is 10.1. The van der Waals surface area contributed by atoms with E-state index in [1.807, 2.05) is 6.07 Å². The molecule has 0 saturated heterocycles. The number of nitrogens with one attached hydrogen (secondary N) is 1. The molecule has 0 aliphatic rings. The Balaban J connectivity index is 1.92. The minimum atomic E-state index is -3.68. The van der Waals surface area contributed by atoms with Crippen molar-refractivity contribution >= 4 is 10.0 Å². The predicted octanol–water partition coefficient (Wildman–Crippen LogP) is 2.23. The van der Waals surface area contributed by atoms with Crippen LogP contribution < -0.4 is 4.72 Å². The minimum absolute atomic E-state index is 0.00176. The molecule has 0 aliphatic carbocycles. The summed E-state index contributed by atoms with van der Waals surface area (Å²) in [6.45, 7) is 0.0930. The lowest BCUT2D eigenvalue weighted by Crippen LogP contribution is -2.26. The van der Waals surface area contributed by atoms with E-state index in [-0.39, 0.29) is 17.9 Å². The molecule has 0 bridgehead atoms. The quantitative estimate of drug-likeness (QED) is 0.860. The molecule has 1 atom stereocenters. The Morgan fingerprint density at radius 2 is 1.67 bits per heavy atom. The molecule has 2 aromatic carbocycles. The Labute approximate surface area is 123 Å². The number of halogens is 1. The molecule has 4 nitrogen and oxygen atoms in total. The number of hydrogen-bond donors (Lipinski definition) is 2. The molecule has 0 amide bonds. The normalized spacial score (nSPS) is 13.0. The fourth-order valence-electron chi connectivity index (χ4n) is 1.87. The van der Waals surface area contributed by atoms with Gasteiger partial charge in [0, 0.05) is 6.54 Å². The van der Waals surface area contributed by atoms with Crippen molar-refractivity contribution in [3.8, 4) is 0 Å². The molecular formula is C15H16FNO3S. The van der Waals surface area contributed by atoms with Crippen LogP contribution in [0.25, 0.3) is 0 Å². The van der Waals surface area contributed by atoms with Gasteiger partial charge in [-0.25, -0.2) is 17.5 Å². The fraction of sp³-hybridized carbons (Fsp3) is 0.200. The first-order valence-electron chi connectivity index (χ1n) is 6.47. The molecule has 0 fully saturated rings. The van der Waals surface area contributed by atoms with Gasteiger partial charge in [-0.3, -0.25) is 0 Å². The van der Waals surface area contributed by atoms with Crippen LogP contribution in [0.15, 0.2) is 59.5 Å². The summed E-state index contributed by atoms with van der Waals surface area (Å²) in [5.41, 5.74) is 0.735. The van der Waals surface area contributed by atoms with Gasteiger partial charge in [-0.15, -0.1) is 0 Å². The molecular weight excluding hydrogens is 293 g/mol. The van der Waals surface area contributed by atoms with Crippen molar-refractivity contribution in [2.45, 2.75) is 17.4 Å². The number of rotatable bonds is 6. The van der Waals surface area contributed by atoms with E-state index in [4.69, 9.17) is 0 Å². The van der Waals surface area contributed by atoms with Gasteiger partial charge in [0.2, 0.25) is 10.0 Å². The standard InChI is InChI=1S/C15H16FNO3S/c16-13-6-8-14(9-7-13)21(19,20)17-11-10-15(18)12-4-2-1-3-5-12/h1-9,15,17-18H,10-11H2. The molecule has 21 heavy (non-hydrogen) atoms. The Hall–Kier alpha value is -1.76. The van der Waals surface area contributed by atoms with E-state index in [1.54, 1.807) is 24.3 Å². The van der Waals surface area contributed by atoms with Gasteiger partial charge in [0.15, 0.2) is 0 Å². The van der Waals surface area contributed by atoms with Gasteiger partial charge in [-0.1, -0.05) is 30.3 Å². The van der Waals surface area contributed by atoms with Gasteiger partial charge < -0.3 is 5.11 Å². The monoisotopic (exact) mass is 309 g/mol. The summed E-state index contributed by atoms with van der Waals surface area (Å²) >= 11 is 0. The van der Waals surface area contributed by atoms with Gasteiger partial charge in [-0.2, -0.15) is 0 Å². The molecule has 0 aliphatic heterocycles. The van der Waals surface area contributed by atoms with Crippen molar-refractivity contribution in [1.82, 2.24) is 4.72 Å². The third-order valence-electron chi connectivity index (χ3n) is 3.02. The molecule has 0 aromatic heterocycles. The zero-order chi connectivity index (χ0) is 15.3. The molecule has 0 radical (unpaired) electrons. The zero-order valence-electron chi connectivity index (χ0n) is 11.2. The van der Waals surface area contributed by atoms with Crippen LogP contribution in [0.1, 0.15) is 18.1 Å². The Morgan fingerprint density at radius 3 is 2.29 bits per heavy atom. The summed E-state index contributed by atoms with van der Waals surface area (Å²) in [5, 5.41) is 9.94. The van der Waals surface area contributed by atoms with Crippen LogP contribution in [0.4, 0.5) is 4.39 Å². The average Bonchev–Trinajstić information content (AvgIpc) is 2.48. The summed E-state index contributed by atoms with van der Waals surface area (Å²) < 4.78 is 39.0. The Bertz CT molecular complexity index is 672. The highest BCUT2D eigenvalue weighted by atomic mass is 32.2. The van der Waals surface area contributed by atoms with E-state index in [9.17, 15) is 17.9 Å². The molecule has 1 unspecified atom stereocenters. The van der Waals surface area contributed by atoms with E-state index in [0.717, 1.165) is 17.7 Å². The highest BCUT2D eigenvalue weighted by Gasteiger charge is 2.14. The van der Waals surface area contributed by atoms with Crippen molar-refractivity contribution in [3.63, 3.8) is 0 Å². The first kappa shape index (κ1) is 15.6. The molecule has 112 valence electrons. The maximum absolute atomic E-state index is 12.8. The topological polar surface area (TPSA) is 66.4 Å². The molecule has 2 aromatic rings. The second kappa shape index (κ2) is 6.80. The van der Waals surface area contributed by atoms with E-state index in [0.29, 0.717) is 0 Å². The molecule has 0 saturated carbocycles. The third-order valence-corrected chi connectivity index (χ3v) is 4.50. The third kappa shape index (κ3) is 4.35. The van der Waals surface area contributed by atoms with Crippen LogP contribution in [-0.4, -0.2) is 20.1 Å². The van der Waals surface area contributed by atoms with E-state index < -0.39 is 21.9 Å². The second-order valence-corrected chi connectivity index (χ2v) is 6.33. The van der Waals surface area contributed by atoms with E-state index in [2.05, 4.69) is 4.72 Å². The van der Waals surface area contributed by atoms with Crippen molar-refractivity contribution < 1.29 is 17.9 Å². The maximum atomic E-state index is 12.8. The predicted molar refractivity (Wildman–Crippen MR) is 77.6 cm³/mol. The first-order valence-corrected chi connectivity index (χ1v) is 7.95. The van der Waals surface area contributed by atoms with Crippen molar-refractivity contribution in [2.24, 2.45) is 0 Å². The van der Waals surface area contributed by atoms with Crippen LogP contribution in [0.5, 0.6) is 0 Å². The van der Waals surface area contributed by atoms with Crippen molar-refractivity contribution in [1.29, 1.82) is 0 Å². The van der Waals surface area contributed by atoms with Crippen LogP contribution in [0, 0.1) is 5.82 Å². The van der Waals surface area contributed by atoms with Crippen LogP contribution in [-0.2, 0) is 10.0 Å². The fourth-order valence-corrected chi connectivity index (χ4v) is 2.92. The van der Waals surface area contributed by atoms with E-state index in [1.165, 1.54) is 12.1 Å². The Kier molecular flexibility index (Phi) is 5.06. The van der Waals surface area contributed by atoms with Crippen LogP contribution >= 0.6 is 0 Å². The molecule has 0 heterocycles. The second-order valence-electron chi connectivity index (χ2n) is 4.57. The summed E-state index contributed by atoms with van der Waals surface area (Å²) in [5.74, 6) is -0.492. The average molecular weight is 309 g/mol. The highest BCUT2D eigenvalue weighted by molar-refractivity contribution is 7.89. The number of sulfonamides is 1. The van der Waals surface area contributed by atoms with Gasteiger partial charge in [0.05, 0.1) is 11.0 Å². The number of aliphatic hydroxyl groups excluding tert-OH is 1. The van der Waals surface area contributed by atoms with Gasteiger partial charge in [0.1, 0.15) is 5.82 Å². The van der Waals surface area contributed by atoms with Crippen molar-refractivity contribution in [3.05, 3.63) is 66.0 Å². The lowest BCUT2D eigenvalue weighted by molar-refractivity contribution is 0.169. The number of aliphatic hydroxyl groups is 1. The maximum Gasteiger partial charge on any atom is 0.240 e. The van der Waals surface area contributed by atoms with Crippen LogP contribution in [0.2, 0.25) is 0 Å². The van der Waals surface area contributed by atoms with Crippen molar-refractivity contribution in [2.75, 3.05) is 6.54 Å². The summed E-state index contributed by atoms with van der Waals surface area (Å²) in [6.07, 6.45) is -0.480. The number of benzene rings is 2. The lowest BCUT2D eigenvalue weighted by Gasteiger charge is -2.12. The highest BCUT2D eigenvalue weighted by Crippen LogP contribution is 2.16. The molecule has 2 rings (SSSR count). The summed E-state index contributed by atoms with van der Waals surface area (Å²) in [7, 11) is -3.68.